The molecule has 1 aliphatic carbocycles. The number of hydrogen-bond donors (Lipinski definition) is 2. The SMILES string of the molecule is CC1CCC(c2ccc(-c3ccc(B(O)O)c(F)c3)cc2)CC1. The Kier molecular flexibility index (Phi) is 4.83. The molecule has 0 atom stereocenters. The van der Waals surface area contributed by atoms with Crippen LogP contribution in [0.15, 0.2) is 42.5 Å². The molecule has 0 spiro atoms. The Balaban J connectivity index is 1.78. The van der Waals surface area contributed by atoms with Gasteiger partial charge in [-0.25, -0.2) is 4.39 Å². The molecule has 2 nitrogen and oxygen atoms in total. The minimum Gasteiger partial charge on any atom is -0.423 e. The lowest BCUT2D eigenvalue weighted by molar-refractivity contribution is 0.348. The first-order chi connectivity index (χ1) is 11.0. The molecular weight excluding hydrogens is 290 g/mol. The van der Waals surface area contributed by atoms with E-state index in [1.807, 2.05) is 12.1 Å². The first-order valence-corrected chi connectivity index (χ1v) is 8.30. The van der Waals surface area contributed by atoms with Gasteiger partial charge in [-0.2, -0.15) is 0 Å². The number of hydrogen-bond acceptors (Lipinski definition) is 2. The van der Waals surface area contributed by atoms with Crippen molar-refractivity contribution >= 4 is 12.6 Å². The molecule has 0 saturated heterocycles. The lowest BCUT2D eigenvalue weighted by Crippen LogP contribution is -2.32. The largest absolute Gasteiger partial charge is 0.491 e. The quantitative estimate of drug-likeness (QED) is 0.852. The van der Waals surface area contributed by atoms with Crippen LogP contribution in [0.1, 0.15) is 44.1 Å². The number of rotatable bonds is 3. The average Bonchev–Trinajstić information content (AvgIpc) is 2.55. The van der Waals surface area contributed by atoms with Gasteiger partial charge in [0.2, 0.25) is 0 Å². The third-order valence-corrected chi connectivity index (χ3v) is 5.01. The molecule has 2 aromatic carbocycles. The van der Waals surface area contributed by atoms with E-state index in [-0.39, 0.29) is 5.46 Å². The highest BCUT2D eigenvalue weighted by Gasteiger charge is 2.20. The third-order valence-electron chi connectivity index (χ3n) is 5.01. The summed E-state index contributed by atoms with van der Waals surface area (Å²) in [5, 5.41) is 18.2. The van der Waals surface area contributed by atoms with Gasteiger partial charge >= 0.3 is 7.12 Å². The molecule has 4 heteroatoms. The van der Waals surface area contributed by atoms with Crippen LogP contribution in [0, 0.1) is 11.7 Å². The molecule has 0 amide bonds. The van der Waals surface area contributed by atoms with E-state index in [9.17, 15) is 4.39 Å². The van der Waals surface area contributed by atoms with Crippen LogP contribution in [0.25, 0.3) is 11.1 Å². The van der Waals surface area contributed by atoms with E-state index in [1.54, 1.807) is 6.07 Å². The van der Waals surface area contributed by atoms with Crippen LogP contribution >= 0.6 is 0 Å². The zero-order chi connectivity index (χ0) is 16.4. The molecule has 0 bridgehead atoms. The van der Waals surface area contributed by atoms with E-state index in [4.69, 9.17) is 10.0 Å². The van der Waals surface area contributed by atoms with Gasteiger partial charge < -0.3 is 10.0 Å². The average molecular weight is 312 g/mol. The van der Waals surface area contributed by atoms with Crippen molar-refractivity contribution in [3.63, 3.8) is 0 Å². The van der Waals surface area contributed by atoms with Crippen LogP contribution < -0.4 is 5.46 Å². The molecule has 3 rings (SSSR count). The van der Waals surface area contributed by atoms with Crippen molar-refractivity contribution in [3.8, 4) is 11.1 Å². The van der Waals surface area contributed by atoms with Gasteiger partial charge in [-0.15, -0.1) is 0 Å². The highest BCUT2D eigenvalue weighted by Crippen LogP contribution is 2.36. The van der Waals surface area contributed by atoms with Crippen molar-refractivity contribution in [2.75, 3.05) is 0 Å². The summed E-state index contributed by atoms with van der Waals surface area (Å²) in [4.78, 5) is 0. The molecule has 120 valence electrons. The van der Waals surface area contributed by atoms with E-state index >= 15 is 0 Å². The minimum atomic E-state index is -1.78. The lowest BCUT2D eigenvalue weighted by atomic mass is 9.78. The zero-order valence-corrected chi connectivity index (χ0v) is 13.4. The van der Waals surface area contributed by atoms with Gasteiger partial charge in [-0.3, -0.25) is 0 Å². The van der Waals surface area contributed by atoms with Crippen molar-refractivity contribution in [3.05, 3.63) is 53.8 Å². The first-order valence-electron chi connectivity index (χ1n) is 8.30. The fourth-order valence-corrected chi connectivity index (χ4v) is 3.46. The molecule has 0 heterocycles. The van der Waals surface area contributed by atoms with Crippen LogP contribution in [0.3, 0.4) is 0 Å². The third kappa shape index (κ3) is 3.65. The van der Waals surface area contributed by atoms with E-state index in [2.05, 4.69) is 19.1 Å². The zero-order valence-electron chi connectivity index (χ0n) is 13.4. The van der Waals surface area contributed by atoms with E-state index in [0.29, 0.717) is 5.92 Å². The Bertz CT molecular complexity index is 662. The van der Waals surface area contributed by atoms with Gasteiger partial charge in [0.15, 0.2) is 0 Å². The van der Waals surface area contributed by atoms with Crippen LogP contribution in [0.5, 0.6) is 0 Å². The van der Waals surface area contributed by atoms with Crippen molar-refractivity contribution in [1.29, 1.82) is 0 Å². The summed E-state index contributed by atoms with van der Waals surface area (Å²) >= 11 is 0. The molecule has 0 radical (unpaired) electrons. The first kappa shape index (κ1) is 16.2. The second-order valence-electron chi connectivity index (χ2n) is 6.69. The van der Waals surface area contributed by atoms with Crippen molar-refractivity contribution < 1.29 is 14.4 Å². The number of benzene rings is 2. The van der Waals surface area contributed by atoms with Gasteiger partial charge in [0.05, 0.1) is 0 Å². The Morgan fingerprint density at radius 1 is 0.913 bits per heavy atom. The normalized spacial score (nSPS) is 21.2. The van der Waals surface area contributed by atoms with Crippen LogP contribution in [0.2, 0.25) is 0 Å². The summed E-state index contributed by atoms with van der Waals surface area (Å²) in [6.07, 6.45) is 5.08. The summed E-state index contributed by atoms with van der Waals surface area (Å²) in [5.41, 5.74) is 2.96. The maximum atomic E-state index is 13.9. The molecule has 1 fully saturated rings. The van der Waals surface area contributed by atoms with Gasteiger partial charge in [0.1, 0.15) is 5.82 Å². The fourth-order valence-electron chi connectivity index (χ4n) is 3.46. The van der Waals surface area contributed by atoms with Crippen molar-refractivity contribution in [2.45, 2.75) is 38.5 Å². The molecule has 2 N–H and O–H groups in total. The minimum absolute atomic E-state index is 0.0957. The summed E-state index contributed by atoms with van der Waals surface area (Å²) in [7, 11) is -1.78. The molecule has 0 aromatic heterocycles. The molecule has 0 unspecified atom stereocenters. The topological polar surface area (TPSA) is 40.5 Å². The maximum Gasteiger partial charge on any atom is 0.491 e. The summed E-state index contributed by atoms with van der Waals surface area (Å²) < 4.78 is 13.9. The standard InChI is InChI=1S/C19H22BFO2/c1-13-2-4-14(5-3-13)15-6-8-16(9-7-15)17-10-11-18(20(22)23)19(21)12-17/h6-14,22-23H,2-5H2,1H3. The Hall–Kier alpha value is -1.65. The Labute approximate surface area is 137 Å². The van der Waals surface area contributed by atoms with Crippen LogP contribution in [-0.4, -0.2) is 17.2 Å². The molecule has 0 aliphatic heterocycles. The summed E-state index contributed by atoms with van der Waals surface area (Å²) in [6, 6.07) is 12.8. The monoisotopic (exact) mass is 312 g/mol. The second kappa shape index (κ2) is 6.85. The highest BCUT2D eigenvalue weighted by molar-refractivity contribution is 6.58. The van der Waals surface area contributed by atoms with Crippen molar-refractivity contribution in [1.82, 2.24) is 0 Å². The predicted octanol–water partition coefficient (Wildman–Crippen LogP) is 3.47. The smallest absolute Gasteiger partial charge is 0.423 e. The summed E-state index contributed by atoms with van der Waals surface area (Å²) in [6.45, 7) is 2.32. The predicted molar refractivity (Wildman–Crippen MR) is 92.0 cm³/mol. The van der Waals surface area contributed by atoms with Gasteiger partial charge in [-0.05, 0) is 47.4 Å². The van der Waals surface area contributed by atoms with E-state index in [0.717, 1.165) is 17.0 Å². The fraction of sp³-hybridized carbons (Fsp3) is 0.368. The van der Waals surface area contributed by atoms with Crippen molar-refractivity contribution in [2.24, 2.45) is 5.92 Å². The maximum absolute atomic E-state index is 13.9. The van der Waals surface area contributed by atoms with Gasteiger partial charge in [0.25, 0.3) is 0 Å². The van der Waals surface area contributed by atoms with Crippen LogP contribution in [0.4, 0.5) is 4.39 Å². The Morgan fingerprint density at radius 3 is 2.09 bits per heavy atom. The molecule has 1 saturated carbocycles. The van der Waals surface area contributed by atoms with Gasteiger partial charge in [0, 0.05) is 5.46 Å². The van der Waals surface area contributed by atoms with E-state index < -0.39 is 12.9 Å². The van der Waals surface area contributed by atoms with E-state index in [1.165, 1.54) is 43.4 Å². The summed E-state index contributed by atoms with van der Waals surface area (Å²) in [5.74, 6) is 0.889. The second-order valence-corrected chi connectivity index (χ2v) is 6.69. The number of halogens is 1. The lowest BCUT2D eigenvalue weighted by Gasteiger charge is -2.26. The molecule has 23 heavy (non-hydrogen) atoms. The molecule has 1 aliphatic rings. The van der Waals surface area contributed by atoms with Crippen LogP contribution in [-0.2, 0) is 0 Å². The molecular formula is C19H22BFO2. The Morgan fingerprint density at radius 2 is 1.52 bits per heavy atom. The highest BCUT2D eigenvalue weighted by atomic mass is 19.1. The van der Waals surface area contributed by atoms with Gasteiger partial charge in [-0.1, -0.05) is 56.2 Å². The molecule has 2 aromatic rings.